The van der Waals surface area contributed by atoms with Crippen LogP contribution in [0.15, 0.2) is 0 Å². The van der Waals surface area contributed by atoms with Crippen molar-refractivity contribution in [2.45, 2.75) is 53.4 Å². The van der Waals surface area contributed by atoms with E-state index in [2.05, 4.69) is 27.7 Å². The second-order valence-electron chi connectivity index (χ2n) is 5.22. The molecule has 0 spiro atoms. The Kier molecular flexibility index (Phi) is 3.15. The van der Waals surface area contributed by atoms with E-state index in [4.69, 9.17) is 0 Å². The van der Waals surface area contributed by atoms with Crippen LogP contribution in [-0.4, -0.2) is 5.78 Å². The Hall–Kier alpha value is -0.330. The molecule has 0 amide bonds. The van der Waals surface area contributed by atoms with E-state index in [1.807, 2.05) is 0 Å². The van der Waals surface area contributed by atoms with Gasteiger partial charge in [-0.15, -0.1) is 0 Å². The normalized spacial score (nSPS) is 30.2. The fraction of sp³-hybridized carbons (Fsp3) is 0.917. The molecular formula is C12H22O. The molecule has 0 N–H and O–H groups in total. The van der Waals surface area contributed by atoms with E-state index >= 15 is 0 Å². The van der Waals surface area contributed by atoms with E-state index in [1.165, 1.54) is 6.42 Å². The summed E-state index contributed by atoms with van der Waals surface area (Å²) >= 11 is 0. The van der Waals surface area contributed by atoms with E-state index in [0.717, 1.165) is 19.3 Å². The zero-order valence-corrected chi connectivity index (χ0v) is 9.39. The van der Waals surface area contributed by atoms with Gasteiger partial charge in [0.1, 0.15) is 5.78 Å². The van der Waals surface area contributed by atoms with Crippen LogP contribution in [0.25, 0.3) is 0 Å². The van der Waals surface area contributed by atoms with Crippen molar-refractivity contribution in [1.29, 1.82) is 0 Å². The molecule has 0 aromatic rings. The van der Waals surface area contributed by atoms with Gasteiger partial charge in [0, 0.05) is 12.8 Å². The lowest BCUT2D eigenvalue weighted by Gasteiger charge is -2.41. The van der Waals surface area contributed by atoms with Gasteiger partial charge >= 0.3 is 0 Å². The van der Waals surface area contributed by atoms with Crippen LogP contribution in [0, 0.1) is 17.3 Å². The van der Waals surface area contributed by atoms with E-state index in [9.17, 15) is 4.79 Å². The standard InChI is InChI=1S/C12H22O/c1-5-9(2)11-8-10(13)6-7-12(11,3)4/h9,11H,5-8H2,1-4H3. The number of carbonyl (C=O) groups is 1. The first-order valence-electron chi connectivity index (χ1n) is 5.49. The Labute approximate surface area is 81.9 Å². The smallest absolute Gasteiger partial charge is 0.133 e. The highest BCUT2D eigenvalue weighted by atomic mass is 16.1. The lowest BCUT2D eigenvalue weighted by Crippen LogP contribution is -2.35. The molecule has 1 rings (SSSR count). The molecule has 1 aliphatic rings. The molecule has 0 radical (unpaired) electrons. The van der Waals surface area contributed by atoms with Crippen molar-refractivity contribution in [2.24, 2.45) is 17.3 Å². The molecule has 13 heavy (non-hydrogen) atoms. The van der Waals surface area contributed by atoms with Crippen LogP contribution in [-0.2, 0) is 4.79 Å². The maximum absolute atomic E-state index is 11.4. The molecule has 0 aliphatic heterocycles. The van der Waals surface area contributed by atoms with Crippen molar-refractivity contribution in [3.8, 4) is 0 Å². The Morgan fingerprint density at radius 2 is 2.15 bits per heavy atom. The predicted octanol–water partition coefficient (Wildman–Crippen LogP) is 3.43. The van der Waals surface area contributed by atoms with Gasteiger partial charge in [0.2, 0.25) is 0 Å². The van der Waals surface area contributed by atoms with Gasteiger partial charge in [-0.05, 0) is 23.7 Å². The van der Waals surface area contributed by atoms with Crippen LogP contribution < -0.4 is 0 Å². The van der Waals surface area contributed by atoms with Crippen molar-refractivity contribution in [1.82, 2.24) is 0 Å². The second-order valence-corrected chi connectivity index (χ2v) is 5.22. The summed E-state index contributed by atoms with van der Waals surface area (Å²) in [5.41, 5.74) is 0.378. The molecule has 2 atom stereocenters. The first-order chi connectivity index (χ1) is 5.97. The molecule has 0 aromatic carbocycles. The minimum atomic E-state index is 0.378. The van der Waals surface area contributed by atoms with Gasteiger partial charge in [0.05, 0.1) is 0 Å². The van der Waals surface area contributed by atoms with Crippen molar-refractivity contribution < 1.29 is 4.79 Å². The van der Waals surface area contributed by atoms with E-state index in [1.54, 1.807) is 0 Å². The zero-order valence-electron chi connectivity index (χ0n) is 9.39. The number of carbonyl (C=O) groups excluding carboxylic acids is 1. The number of rotatable bonds is 2. The number of hydrogen-bond donors (Lipinski definition) is 0. The summed E-state index contributed by atoms with van der Waals surface area (Å²) < 4.78 is 0. The Bertz CT molecular complexity index is 193. The summed E-state index contributed by atoms with van der Waals surface area (Å²) in [6, 6.07) is 0. The minimum absolute atomic E-state index is 0.378. The highest BCUT2D eigenvalue weighted by molar-refractivity contribution is 5.79. The molecular weight excluding hydrogens is 160 g/mol. The van der Waals surface area contributed by atoms with Crippen LogP contribution in [0.2, 0.25) is 0 Å². The van der Waals surface area contributed by atoms with Gasteiger partial charge in [-0.2, -0.15) is 0 Å². The first kappa shape index (κ1) is 10.7. The molecule has 0 bridgehead atoms. The quantitative estimate of drug-likeness (QED) is 0.639. The number of hydrogen-bond acceptors (Lipinski definition) is 1. The second kappa shape index (κ2) is 3.81. The average Bonchev–Trinajstić information content (AvgIpc) is 2.08. The lowest BCUT2D eigenvalue weighted by atomic mass is 9.63. The molecule has 1 nitrogen and oxygen atoms in total. The Morgan fingerprint density at radius 3 is 2.69 bits per heavy atom. The highest BCUT2D eigenvalue weighted by Crippen LogP contribution is 2.43. The Morgan fingerprint density at radius 1 is 1.54 bits per heavy atom. The maximum Gasteiger partial charge on any atom is 0.133 e. The summed E-state index contributed by atoms with van der Waals surface area (Å²) in [5.74, 6) is 1.78. The van der Waals surface area contributed by atoms with Gasteiger partial charge in [-0.3, -0.25) is 4.79 Å². The Balaban J connectivity index is 2.71. The fourth-order valence-corrected chi connectivity index (χ4v) is 2.53. The molecule has 1 aliphatic carbocycles. The predicted molar refractivity (Wildman–Crippen MR) is 55.6 cm³/mol. The monoisotopic (exact) mass is 182 g/mol. The molecule has 1 saturated carbocycles. The van der Waals surface area contributed by atoms with Crippen LogP contribution in [0.5, 0.6) is 0 Å². The summed E-state index contributed by atoms with van der Waals surface area (Å²) in [6.07, 6.45) is 3.91. The summed E-state index contributed by atoms with van der Waals surface area (Å²) in [4.78, 5) is 11.4. The zero-order chi connectivity index (χ0) is 10.1. The number of Topliss-reactive ketones (excluding diaryl/α,β-unsaturated/α-hetero) is 1. The lowest BCUT2D eigenvalue weighted by molar-refractivity contribution is -0.125. The largest absolute Gasteiger partial charge is 0.300 e. The van der Waals surface area contributed by atoms with E-state index < -0.39 is 0 Å². The first-order valence-corrected chi connectivity index (χ1v) is 5.49. The van der Waals surface area contributed by atoms with Crippen LogP contribution in [0.4, 0.5) is 0 Å². The van der Waals surface area contributed by atoms with Gasteiger partial charge in [0.15, 0.2) is 0 Å². The van der Waals surface area contributed by atoms with Gasteiger partial charge in [-0.1, -0.05) is 34.1 Å². The van der Waals surface area contributed by atoms with Crippen LogP contribution in [0.3, 0.4) is 0 Å². The summed E-state index contributed by atoms with van der Waals surface area (Å²) in [5, 5.41) is 0. The molecule has 0 heterocycles. The van der Waals surface area contributed by atoms with E-state index in [0.29, 0.717) is 23.0 Å². The summed E-state index contributed by atoms with van der Waals surface area (Å²) in [7, 11) is 0. The molecule has 2 unspecified atom stereocenters. The fourth-order valence-electron chi connectivity index (χ4n) is 2.53. The van der Waals surface area contributed by atoms with Crippen LogP contribution in [0.1, 0.15) is 53.4 Å². The van der Waals surface area contributed by atoms with Crippen molar-refractivity contribution in [2.75, 3.05) is 0 Å². The third-order valence-electron chi connectivity index (χ3n) is 3.83. The van der Waals surface area contributed by atoms with Gasteiger partial charge < -0.3 is 0 Å². The van der Waals surface area contributed by atoms with Crippen molar-refractivity contribution in [3.63, 3.8) is 0 Å². The maximum atomic E-state index is 11.4. The highest BCUT2D eigenvalue weighted by Gasteiger charge is 2.37. The molecule has 0 aromatic heterocycles. The topological polar surface area (TPSA) is 17.1 Å². The third kappa shape index (κ3) is 2.32. The molecule has 76 valence electrons. The van der Waals surface area contributed by atoms with Gasteiger partial charge in [-0.25, -0.2) is 0 Å². The number of ketones is 1. The third-order valence-corrected chi connectivity index (χ3v) is 3.83. The van der Waals surface area contributed by atoms with Crippen LogP contribution >= 0.6 is 0 Å². The average molecular weight is 182 g/mol. The molecule has 1 fully saturated rings. The molecule has 0 saturated heterocycles. The summed E-state index contributed by atoms with van der Waals surface area (Å²) in [6.45, 7) is 9.14. The van der Waals surface area contributed by atoms with Crippen molar-refractivity contribution in [3.05, 3.63) is 0 Å². The van der Waals surface area contributed by atoms with Crippen molar-refractivity contribution >= 4 is 5.78 Å². The molecule has 1 heteroatoms. The van der Waals surface area contributed by atoms with E-state index in [-0.39, 0.29) is 0 Å². The minimum Gasteiger partial charge on any atom is -0.300 e. The van der Waals surface area contributed by atoms with Gasteiger partial charge in [0.25, 0.3) is 0 Å². The SMILES string of the molecule is CCC(C)C1CC(=O)CCC1(C)C.